The highest BCUT2D eigenvalue weighted by atomic mass is 19.1. The van der Waals surface area contributed by atoms with Crippen LogP contribution in [0.15, 0.2) is 42.5 Å². The molecule has 0 aromatic heterocycles. The predicted molar refractivity (Wildman–Crippen MR) is 82.6 cm³/mol. The molecule has 0 spiro atoms. The number of halogens is 1. The molecule has 0 bridgehead atoms. The molecule has 0 atom stereocenters. The van der Waals surface area contributed by atoms with E-state index in [0.29, 0.717) is 18.8 Å². The van der Waals surface area contributed by atoms with E-state index in [1.807, 2.05) is 17.0 Å². The van der Waals surface area contributed by atoms with Crippen LogP contribution in [0.3, 0.4) is 0 Å². The Balaban J connectivity index is 2.38. The maximum atomic E-state index is 13.0. The minimum atomic E-state index is -0.296. The smallest absolute Gasteiger partial charge is 0.123 e. The van der Waals surface area contributed by atoms with Crippen LogP contribution in [-0.4, -0.2) is 36.5 Å². The predicted octanol–water partition coefficient (Wildman–Crippen LogP) is 1.87. The summed E-state index contributed by atoms with van der Waals surface area (Å²) in [4.78, 5) is 1.87. The van der Waals surface area contributed by atoms with Gasteiger partial charge >= 0.3 is 0 Å². The van der Waals surface area contributed by atoms with Crippen molar-refractivity contribution in [2.24, 2.45) is 0 Å². The van der Waals surface area contributed by atoms with Crippen LogP contribution in [-0.2, 0) is 0 Å². The Kier molecular flexibility index (Phi) is 5.14. The Hall–Kier alpha value is -2.11. The number of benzene rings is 2. The Morgan fingerprint density at radius 2 is 1.57 bits per heavy atom. The number of anilines is 2. The van der Waals surface area contributed by atoms with Gasteiger partial charge in [0.25, 0.3) is 0 Å². The number of nitrogens with zero attached hydrogens (tertiary/aromatic N) is 1. The van der Waals surface area contributed by atoms with Gasteiger partial charge in [-0.05, 0) is 35.9 Å². The fourth-order valence-electron chi connectivity index (χ4n) is 2.23. The van der Waals surface area contributed by atoms with Gasteiger partial charge in [0, 0.05) is 30.0 Å². The molecule has 0 amide bonds. The number of hydrogen-bond donors (Lipinski definition) is 3. The average molecular weight is 290 g/mol. The molecule has 112 valence electrons. The number of nitrogens with two attached hydrogens (primary N) is 1. The van der Waals surface area contributed by atoms with Gasteiger partial charge in [0.15, 0.2) is 0 Å². The van der Waals surface area contributed by atoms with E-state index in [1.54, 1.807) is 18.2 Å². The highest BCUT2D eigenvalue weighted by molar-refractivity contribution is 5.79. The first-order valence-corrected chi connectivity index (χ1v) is 6.78. The van der Waals surface area contributed by atoms with Crippen molar-refractivity contribution in [3.63, 3.8) is 0 Å². The van der Waals surface area contributed by atoms with E-state index in [-0.39, 0.29) is 19.0 Å². The third-order valence-electron chi connectivity index (χ3n) is 3.30. The summed E-state index contributed by atoms with van der Waals surface area (Å²) in [6.07, 6.45) is 0. The van der Waals surface area contributed by atoms with Crippen molar-refractivity contribution in [1.82, 2.24) is 0 Å². The molecule has 2 rings (SSSR count). The summed E-state index contributed by atoms with van der Waals surface area (Å²) >= 11 is 0. The van der Waals surface area contributed by atoms with Crippen molar-refractivity contribution in [3.8, 4) is 11.1 Å². The molecule has 0 fully saturated rings. The van der Waals surface area contributed by atoms with Gasteiger partial charge in [-0.15, -0.1) is 0 Å². The lowest BCUT2D eigenvalue weighted by Gasteiger charge is -2.24. The number of aliphatic hydroxyl groups is 2. The highest BCUT2D eigenvalue weighted by Gasteiger charge is 2.09. The zero-order chi connectivity index (χ0) is 15.2. The standard InChI is InChI=1S/C16H19FN2O2/c17-13-3-1-12(2-4-13)15-11-14(5-6-16(15)18)19(7-9-20)8-10-21/h1-6,11,20-21H,7-10,18H2. The van der Waals surface area contributed by atoms with Crippen LogP contribution in [0.1, 0.15) is 0 Å². The third kappa shape index (κ3) is 3.71. The molecule has 2 aromatic carbocycles. The van der Waals surface area contributed by atoms with E-state index in [2.05, 4.69) is 0 Å². The van der Waals surface area contributed by atoms with E-state index >= 15 is 0 Å². The van der Waals surface area contributed by atoms with Crippen molar-refractivity contribution >= 4 is 11.4 Å². The molecule has 0 aliphatic carbocycles. The second-order valence-corrected chi connectivity index (χ2v) is 4.71. The van der Waals surface area contributed by atoms with Crippen LogP contribution in [0.2, 0.25) is 0 Å². The molecule has 0 aliphatic heterocycles. The average Bonchev–Trinajstić information content (AvgIpc) is 2.49. The Morgan fingerprint density at radius 1 is 0.952 bits per heavy atom. The van der Waals surface area contributed by atoms with E-state index in [0.717, 1.165) is 16.8 Å². The lowest BCUT2D eigenvalue weighted by molar-refractivity contribution is 0.281. The maximum Gasteiger partial charge on any atom is 0.123 e. The van der Waals surface area contributed by atoms with Gasteiger partial charge in [-0.1, -0.05) is 12.1 Å². The first-order valence-electron chi connectivity index (χ1n) is 6.78. The molecule has 4 nitrogen and oxygen atoms in total. The van der Waals surface area contributed by atoms with Gasteiger partial charge in [-0.2, -0.15) is 0 Å². The van der Waals surface area contributed by atoms with Gasteiger partial charge in [-0.3, -0.25) is 0 Å². The van der Waals surface area contributed by atoms with Crippen molar-refractivity contribution in [2.75, 3.05) is 36.9 Å². The van der Waals surface area contributed by atoms with Crippen molar-refractivity contribution in [1.29, 1.82) is 0 Å². The first-order chi connectivity index (χ1) is 10.2. The topological polar surface area (TPSA) is 69.7 Å². The monoisotopic (exact) mass is 290 g/mol. The fourth-order valence-corrected chi connectivity index (χ4v) is 2.23. The van der Waals surface area contributed by atoms with Gasteiger partial charge < -0.3 is 20.8 Å². The summed E-state index contributed by atoms with van der Waals surface area (Å²) in [6, 6.07) is 11.6. The van der Waals surface area contributed by atoms with E-state index in [4.69, 9.17) is 15.9 Å². The Labute approximate surface area is 123 Å². The van der Waals surface area contributed by atoms with Crippen LogP contribution in [0.4, 0.5) is 15.8 Å². The van der Waals surface area contributed by atoms with Crippen molar-refractivity contribution in [2.45, 2.75) is 0 Å². The van der Waals surface area contributed by atoms with E-state index < -0.39 is 0 Å². The van der Waals surface area contributed by atoms with Crippen LogP contribution < -0.4 is 10.6 Å². The zero-order valence-electron chi connectivity index (χ0n) is 11.7. The molecule has 0 unspecified atom stereocenters. The van der Waals surface area contributed by atoms with Gasteiger partial charge in [0.05, 0.1) is 13.2 Å². The number of nitrogen functional groups attached to an aromatic ring is 1. The second kappa shape index (κ2) is 7.06. The molecule has 0 aliphatic rings. The van der Waals surface area contributed by atoms with Crippen LogP contribution in [0.25, 0.3) is 11.1 Å². The van der Waals surface area contributed by atoms with Crippen LogP contribution in [0.5, 0.6) is 0 Å². The largest absolute Gasteiger partial charge is 0.398 e. The molecular formula is C16H19FN2O2. The molecule has 5 heteroatoms. The van der Waals surface area contributed by atoms with Crippen LogP contribution in [0, 0.1) is 5.82 Å². The molecule has 0 saturated carbocycles. The Bertz CT molecular complexity index is 581. The minimum absolute atomic E-state index is 0.00371. The van der Waals surface area contributed by atoms with E-state index in [1.165, 1.54) is 12.1 Å². The molecule has 0 radical (unpaired) electrons. The van der Waals surface area contributed by atoms with Crippen LogP contribution >= 0.6 is 0 Å². The molecule has 0 heterocycles. The number of hydrogen-bond acceptors (Lipinski definition) is 4. The summed E-state index contributed by atoms with van der Waals surface area (Å²) in [5.74, 6) is -0.296. The lowest BCUT2D eigenvalue weighted by Crippen LogP contribution is -2.29. The summed E-state index contributed by atoms with van der Waals surface area (Å²) < 4.78 is 13.0. The zero-order valence-corrected chi connectivity index (χ0v) is 11.7. The van der Waals surface area contributed by atoms with E-state index in [9.17, 15) is 4.39 Å². The third-order valence-corrected chi connectivity index (χ3v) is 3.30. The highest BCUT2D eigenvalue weighted by Crippen LogP contribution is 2.30. The second-order valence-electron chi connectivity index (χ2n) is 4.71. The summed E-state index contributed by atoms with van der Waals surface area (Å²) in [7, 11) is 0. The molecule has 0 saturated heterocycles. The molecule has 4 N–H and O–H groups in total. The molecule has 2 aromatic rings. The lowest BCUT2D eigenvalue weighted by atomic mass is 10.0. The quantitative estimate of drug-likeness (QED) is 0.710. The molecule has 21 heavy (non-hydrogen) atoms. The number of rotatable bonds is 6. The summed E-state index contributed by atoms with van der Waals surface area (Å²) in [6.45, 7) is 0.840. The fraction of sp³-hybridized carbons (Fsp3) is 0.250. The maximum absolute atomic E-state index is 13.0. The summed E-state index contributed by atoms with van der Waals surface area (Å²) in [5, 5.41) is 18.2. The Morgan fingerprint density at radius 3 is 2.14 bits per heavy atom. The number of aliphatic hydroxyl groups excluding tert-OH is 2. The SMILES string of the molecule is Nc1ccc(N(CCO)CCO)cc1-c1ccc(F)cc1. The molecular weight excluding hydrogens is 271 g/mol. The first kappa shape index (κ1) is 15.3. The minimum Gasteiger partial charge on any atom is -0.398 e. The van der Waals surface area contributed by atoms with Crippen molar-refractivity contribution in [3.05, 3.63) is 48.3 Å². The summed E-state index contributed by atoms with van der Waals surface area (Å²) in [5.41, 5.74) is 9.07. The van der Waals surface area contributed by atoms with Gasteiger partial charge in [0.2, 0.25) is 0 Å². The normalized spacial score (nSPS) is 10.6. The van der Waals surface area contributed by atoms with Gasteiger partial charge in [0.1, 0.15) is 5.82 Å². The van der Waals surface area contributed by atoms with Crippen molar-refractivity contribution < 1.29 is 14.6 Å². The van der Waals surface area contributed by atoms with Gasteiger partial charge in [-0.25, -0.2) is 4.39 Å².